The first-order valence-electron chi connectivity index (χ1n) is 4.26. The summed E-state index contributed by atoms with van der Waals surface area (Å²) in [6.07, 6.45) is -5.75. The van der Waals surface area contributed by atoms with Crippen molar-refractivity contribution in [3.8, 4) is 0 Å². The molecule has 0 heterocycles. The maximum atomic E-state index is 9.92. The number of carbonyl (C=O) groups is 3. The average Bonchev–Trinajstić information content (AvgIpc) is 2.04. The van der Waals surface area contributed by atoms with Crippen LogP contribution in [0.5, 0.6) is 0 Å². The minimum atomic E-state index is -2.33. The molecule has 9 heteroatoms. The number of carboxylic acid groups (broad SMARTS) is 3. The fourth-order valence-electron chi connectivity index (χ4n) is 0. The Labute approximate surface area is 96.7 Å². The fourth-order valence-corrected chi connectivity index (χ4v) is 0. The third-order valence-electron chi connectivity index (χ3n) is 0. The Morgan fingerprint density at radius 1 is 0.765 bits per heavy atom. The molecular formula is C8H17F3O6. The molecule has 3 N–H and O–H groups in total. The molecule has 0 aliphatic carbocycles. The Balaban J connectivity index is -0.0000000361. The van der Waals surface area contributed by atoms with Crippen molar-refractivity contribution in [2.45, 2.75) is 34.1 Å². The number of hydrogen-bond acceptors (Lipinski definition) is 3. The Kier molecular flexibility index (Phi) is 63.8. The van der Waals surface area contributed by atoms with E-state index in [0.29, 0.717) is 0 Å². The van der Waals surface area contributed by atoms with E-state index in [2.05, 4.69) is 13.8 Å². The predicted molar refractivity (Wildman–Crippen MR) is 54.7 cm³/mol. The van der Waals surface area contributed by atoms with Crippen LogP contribution in [0.15, 0.2) is 0 Å². The van der Waals surface area contributed by atoms with Crippen LogP contribution in [0.2, 0.25) is 0 Å². The highest BCUT2D eigenvalue weighted by molar-refractivity contribution is 5.55. The maximum absolute atomic E-state index is 9.92. The first-order chi connectivity index (χ1) is 7.61. The van der Waals surface area contributed by atoms with Gasteiger partial charge in [-0.3, -0.25) is 0 Å². The lowest BCUT2D eigenvalue weighted by molar-refractivity contribution is 0.167. The molecule has 0 rings (SSSR count). The molecule has 0 amide bonds. The highest BCUT2D eigenvalue weighted by Gasteiger charge is 1.75. The van der Waals surface area contributed by atoms with Crippen molar-refractivity contribution in [2.75, 3.05) is 0 Å². The molecule has 0 fully saturated rings. The molecule has 17 heavy (non-hydrogen) atoms. The van der Waals surface area contributed by atoms with Gasteiger partial charge in [-0.2, -0.15) is 0 Å². The van der Waals surface area contributed by atoms with Gasteiger partial charge in [-0.05, 0) is 0 Å². The van der Waals surface area contributed by atoms with E-state index in [9.17, 15) is 13.2 Å². The van der Waals surface area contributed by atoms with E-state index in [0.717, 1.165) is 0 Å². The molecular weight excluding hydrogens is 249 g/mol. The van der Waals surface area contributed by atoms with Crippen molar-refractivity contribution in [3.05, 3.63) is 0 Å². The van der Waals surface area contributed by atoms with E-state index in [1.807, 2.05) is 13.8 Å². The standard InChI is InChI=1S/C3H8.C2H6.3CHFO2/c1-3-2;1-2;3*2-1(3)4/h3H2,1-2H3;1-2H3;3*(H,3,4). The lowest BCUT2D eigenvalue weighted by Gasteiger charge is -1.53. The van der Waals surface area contributed by atoms with E-state index in [-0.39, 0.29) is 0 Å². The molecule has 0 saturated carbocycles. The zero-order chi connectivity index (χ0) is 15.4. The van der Waals surface area contributed by atoms with Crippen molar-refractivity contribution >= 4 is 18.7 Å². The molecule has 0 saturated heterocycles. The maximum Gasteiger partial charge on any atom is 0.492 e. The van der Waals surface area contributed by atoms with E-state index in [1.54, 1.807) is 0 Å². The summed E-state index contributed by atoms with van der Waals surface area (Å²) in [4.78, 5) is 25.0. The Morgan fingerprint density at radius 3 is 0.765 bits per heavy atom. The van der Waals surface area contributed by atoms with Gasteiger partial charge in [0.2, 0.25) is 0 Å². The molecule has 106 valence electrons. The summed E-state index contributed by atoms with van der Waals surface area (Å²) in [5.41, 5.74) is 0. The third-order valence-corrected chi connectivity index (χ3v) is 0. The molecule has 0 aromatic rings. The van der Waals surface area contributed by atoms with Gasteiger partial charge in [-0.1, -0.05) is 34.1 Å². The van der Waals surface area contributed by atoms with Gasteiger partial charge in [0, 0.05) is 0 Å². The van der Waals surface area contributed by atoms with Gasteiger partial charge in [0.25, 0.3) is 0 Å². The minimum Gasteiger partial charge on any atom is -0.456 e. The van der Waals surface area contributed by atoms with Gasteiger partial charge in [-0.15, -0.1) is 13.2 Å². The molecule has 0 spiro atoms. The van der Waals surface area contributed by atoms with Crippen LogP contribution < -0.4 is 0 Å². The van der Waals surface area contributed by atoms with E-state index in [1.165, 1.54) is 6.42 Å². The second-order valence-corrected chi connectivity index (χ2v) is 1.47. The van der Waals surface area contributed by atoms with Crippen molar-refractivity contribution in [1.82, 2.24) is 0 Å². The van der Waals surface area contributed by atoms with E-state index < -0.39 is 18.7 Å². The lowest BCUT2D eigenvalue weighted by atomic mass is 10.6. The zero-order valence-electron chi connectivity index (χ0n) is 9.91. The number of hydrogen-bond donors (Lipinski definition) is 3. The summed E-state index contributed by atoms with van der Waals surface area (Å²) < 4.78 is 29.8. The predicted octanol–water partition coefficient (Wildman–Crippen LogP) is 4.34. The first-order valence-corrected chi connectivity index (χ1v) is 4.26. The summed E-state index contributed by atoms with van der Waals surface area (Å²) in [7, 11) is 0. The van der Waals surface area contributed by atoms with Crippen LogP contribution in [0, 0.1) is 0 Å². The molecule has 0 atom stereocenters. The quantitative estimate of drug-likeness (QED) is 0.562. The topological polar surface area (TPSA) is 112 Å². The minimum absolute atomic E-state index is 1.25. The van der Waals surface area contributed by atoms with Crippen LogP contribution in [-0.2, 0) is 0 Å². The second kappa shape index (κ2) is 36.8. The largest absolute Gasteiger partial charge is 0.492 e. The molecule has 0 radical (unpaired) electrons. The van der Waals surface area contributed by atoms with Crippen LogP contribution in [-0.4, -0.2) is 34.0 Å². The zero-order valence-corrected chi connectivity index (χ0v) is 9.91. The SMILES string of the molecule is CC.CCC.O=C(O)F.O=C(O)F.O=C(O)F. The van der Waals surface area contributed by atoms with Crippen LogP contribution >= 0.6 is 0 Å². The summed E-state index contributed by atoms with van der Waals surface area (Å²) in [6, 6.07) is 0. The summed E-state index contributed by atoms with van der Waals surface area (Å²) in [5, 5.41) is 20.2. The summed E-state index contributed by atoms with van der Waals surface area (Å²) in [6.45, 7) is 8.25. The second-order valence-electron chi connectivity index (χ2n) is 1.47. The van der Waals surface area contributed by atoms with Crippen LogP contribution in [0.25, 0.3) is 0 Å². The average molecular weight is 266 g/mol. The third kappa shape index (κ3) is 652. The van der Waals surface area contributed by atoms with Crippen LogP contribution in [0.3, 0.4) is 0 Å². The van der Waals surface area contributed by atoms with Crippen molar-refractivity contribution in [3.63, 3.8) is 0 Å². The Hall–Kier alpha value is -1.80. The molecule has 0 bridgehead atoms. The molecule has 0 aliphatic heterocycles. The van der Waals surface area contributed by atoms with E-state index >= 15 is 0 Å². The normalized spacial score (nSPS) is 5.82. The lowest BCUT2D eigenvalue weighted by Crippen LogP contribution is -1.69. The van der Waals surface area contributed by atoms with Gasteiger partial charge in [-0.25, -0.2) is 14.4 Å². The van der Waals surface area contributed by atoms with Gasteiger partial charge < -0.3 is 15.3 Å². The molecule has 6 nitrogen and oxygen atoms in total. The summed E-state index contributed by atoms with van der Waals surface area (Å²) >= 11 is 0. The fraction of sp³-hybridized carbons (Fsp3) is 0.625. The molecule has 0 unspecified atom stereocenters. The Bertz CT molecular complexity index is 134. The van der Waals surface area contributed by atoms with Gasteiger partial charge in [0.15, 0.2) is 0 Å². The van der Waals surface area contributed by atoms with Gasteiger partial charge in [0.1, 0.15) is 0 Å². The van der Waals surface area contributed by atoms with E-state index in [4.69, 9.17) is 29.7 Å². The molecule has 0 aromatic carbocycles. The van der Waals surface area contributed by atoms with Gasteiger partial charge >= 0.3 is 18.7 Å². The highest BCUT2D eigenvalue weighted by atomic mass is 19.2. The van der Waals surface area contributed by atoms with Crippen molar-refractivity contribution in [2.24, 2.45) is 0 Å². The van der Waals surface area contributed by atoms with Crippen molar-refractivity contribution < 1.29 is 42.9 Å². The highest BCUT2D eigenvalue weighted by Crippen LogP contribution is 1.59. The van der Waals surface area contributed by atoms with Gasteiger partial charge in [0.05, 0.1) is 0 Å². The molecule has 0 aromatic heterocycles. The first kappa shape index (κ1) is 29.5. The van der Waals surface area contributed by atoms with Crippen molar-refractivity contribution in [1.29, 1.82) is 0 Å². The monoisotopic (exact) mass is 266 g/mol. The smallest absolute Gasteiger partial charge is 0.456 e. The number of rotatable bonds is 0. The Morgan fingerprint density at radius 2 is 0.765 bits per heavy atom. The summed E-state index contributed by atoms with van der Waals surface area (Å²) in [5.74, 6) is 0. The number of halogens is 3. The molecule has 0 aliphatic rings. The van der Waals surface area contributed by atoms with Crippen LogP contribution in [0.1, 0.15) is 34.1 Å². The van der Waals surface area contributed by atoms with Crippen LogP contribution in [0.4, 0.5) is 27.6 Å².